The number of hydrogen-bond acceptors (Lipinski definition) is 1. The predicted molar refractivity (Wildman–Crippen MR) is 210 cm³/mol. The molecule has 2 nitrogen and oxygen atoms in total. The van der Waals surface area contributed by atoms with Crippen LogP contribution in [0.25, 0.3) is 77.3 Å². The Morgan fingerprint density at radius 1 is 0.460 bits per heavy atom. The molecule has 0 aliphatic heterocycles. The van der Waals surface area contributed by atoms with Gasteiger partial charge in [0.25, 0.3) is 0 Å². The molecule has 1 unspecified atom stereocenters. The third-order valence-electron chi connectivity index (χ3n) is 10.3. The molecule has 0 saturated carbocycles. The van der Waals surface area contributed by atoms with Crippen molar-refractivity contribution in [1.82, 2.24) is 4.57 Å². The van der Waals surface area contributed by atoms with Crippen LogP contribution in [0.1, 0.15) is 23.5 Å². The summed E-state index contributed by atoms with van der Waals surface area (Å²) < 4.78 is 8.80. The molecule has 0 amide bonds. The van der Waals surface area contributed by atoms with Crippen molar-refractivity contribution in [1.29, 1.82) is 0 Å². The Hall–Kier alpha value is -6.38. The first kappa shape index (κ1) is 28.6. The first-order valence-electron chi connectivity index (χ1n) is 17.4. The van der Waals surface area contributed by atoms with Crippen molar-refractivity contribution in [3.8, 4) is 27.9 Å². The van der Waals surface area contributed by atoms with Gasteiger partial charge in [0, 0.05) is 33.2 Å². The van der Waals surface area contributed by atoms with Gasteiger partial charge in [-0.3, -0.25) is 0 Å². The molecule has 0 fully saturated rings. The highest BCUT2D eigenvalue weighted by atomic mass is 16.3. The minimum absolute atomic E-state index is 0.319. The van der Waals surface area contributed by atoms with Crippen LogP contribution < -0.4 is 0 Å². The van der Waals surface area contributed by atoms with E-state index in [1.807, 2.05) is 0 Å². The summed E-state index contributed by atoms with van der Waals surface area (Å²) in [6.07, 6.45) is 8.01. The zero-order valence-corrected chi connectivity index (χ0v) is 27.5. The normalized spacial score (nSPS) is 14.6. The minimum atomic E-state index is 0.319. The molecule has 7 aromatic carbocycles. The SMILES string of the molecule is C1=CC(c2ccc3oc4ccc(-n5c6ccccc6c6cc(-c7ccccc7)ccc65)cc4c3c2)=CC(c2cccc(-c3ccccc3)c2)C1. The second kappa shape index (κ2) is 11.6. The third kappa shape index (κ3) is 4.80. The molecule has 50 heavy (non-hydrogen) atoms. The van der Waals surface area contributed by atoms with Crippen LogP contribution in [-0.2, 0) is 0 Å². The van der Waals surface area contributed by atoms with Crippen LogP contribution in [0.5, 0.6) is 0 Å². The molecule has 10 rings (SSSR count). The number of para-hydroxylation sites is 1. The number of fused-ring (bicyclic) bond motifs is 6. The number of aromatic nitrogens is 1. The average Bonchev–Trinajstić information content (AvgIpc) is 3.73. The van der Waals surface area contributed by atoms with Gasteiger partial charge >= 0.3 is 0 Å². The topological polar surface area (TPSA) is 18.1 Å². The Kier molecular flexibility index (Phi) is 6.67. The number of rotatable bonds is 5. The van der Waals surface area contributed by atoms with Crippen molar-refractivity contribution in [3.05, 3.63) is 193 Å². The summed E-state index contributed by atoms with van der Waals surface area (Å²) in [5.74, 6) is 0.319. The van der Waals surface area contributed by atoms with Gasteiger partial charge in [-0.1, -0.05) is 133 Å². The molecule has 0 radical (unpaired) electrons. The van der Waals surface area contributed by atoms with Crippen molar-refractivity contribution in [3.63, 3.8) is 0 Å². The Morgan fingerprint density at radius 3 is 1.92 bits per heavy atom. The first-order valence-corrected chi connectivity index (χ1v) is 17.4. The van der Waals surface area contributed by atoms with E-state index < -0.39 is 0 Å². The van der Waals surface area contributed by atoms with E-state index in [1.54, 1.807) is 0 Å². The summed E-state index contributed by atoms with van der Waals surface area (Å²) in [6.45, 7) is 0. The smallest absolute Gasteiger partial charge is 0.135 e. The van der Waals surface area contributed by atoms with E-state index in [2.05, 4.69) is 187 Å². The lowest BCUT2D eigenvalue weighted by Crippen LogP contribution is -1.99. The van der Waals surface area contributed by atoms with Gasteiger partial charge in [0.2, 0.25) is 0 Å². The summed E-state index contributed by atoms with van der Waals surface area (Å²) >= 11 is 0. The van der Waals surface area contributed by atoms with Crippen molar-refractivity contribution >= 4 is 49.3 Å². The predicted octanol–water partition coefficient (Wildman–Crippen LogP) is 13.1. The van der Waals surface area contributed by atoms with Crippen LogP contribution in [0.3, 0.4) is 0 Å². The van der Waals surface area contributed by atoms with Crippen molar-refractivity contribution < 1.29 is 4.42 Å². The van der Waals surface area contributed by atoms with Crippen LogP contribution in [-0.4, -0.2) is 4.57 Å². The van der Waals surface area contributed by atoms with E-state index in [4.69, 9.17) is 4.42 Å². The highest BCUT2D eigenvalue weighted by Crippen LogP contribution is 2.39. The summed E-state index contributed by atoms with van der Waals surface area (Å²) in [5.41, 5.74) is 14.1. The zero-order valence-electron chi connectivity index (χ0n) is 27.5. The number of allylic oxidation sites excluding steroid dienone is 4. The van der Waals surface area contributed by atoms with Crippen LogP contribution >= 0.6 is 0 Å². The lowest BCUT2D eigenvalue weighted by Gasteiger charge is -2.18. The summed E-state index contributed by atoms with van der Waals surface area (Å²) in [6, 6.07) is 59.0. The number of benzene rings is 7. The maximum absolute atomic E-state index is 6.41. The van der Waals surface area contributed by atoms with E-state index in [-0.39, 0.29) is 0 Å². The van der Waals surface area contributed by atoms with E-state index in [1.165, 1.54) is 60.8 Å². The van der Waals surface area contributed by atoms with Gasteiger partial charge in [-0.25, -0.2) is 0 Å². The molecule has 2 heteroatoms. The van der Waals surface area contributed by atoms with E-state index in [0.717, 1.165) is 34.0 Å². The van der Waals surface area contributed by atoms with Gasteiger partial charge in [-0.2, -0.15) is 0 Å². The van der Waals surface area contributed by atoms with Gasteiger partial charge in [0.05, 0.1) is 11.0 Å². The largest absolute Gasteiger partial charge is 0.456 e. The van der Waals surface area contributed by atoms with Gasteiger partial charge in [-0.15, -0.1) is 0 Å². The molecule has 0 saturated heterocycles. The van der Waals surface area contributed by atoms with Crippen LogP contribution in [0.2, 0.25) is 0 Å². The Balaban J connectivity index is 1.06. The molecule has 0 bridgehead atoms. The molecular formula is C48H33NO. The quantitative estimate of drug-likeness (QED) is 0.183. The minimum Gasteiger partial charge on any atom is -0.456 e. The monoisotopic (exact) mass is 639 g/mol. The lowest BCUT2D eigenvalue weighted by atomic mass is 9.86. The Morgan fingerprint density at radius 2 is 1.10 bits per heavy atom. The summed E-state index contributed by atoms with van der Waals surface area (Å²) in [5, 5.41) is 4.76. The van der Waals surface area contributed by atoms with Crippen LogP contribution in [0.15, 0.2) is 186 Å². The second-order valence-corrected chi connectivity index (χ2v) is 13.3. The lowest BCUT2D eigenvalue weighted by molar-refractivity contribution is 0.669. The molecule has 236 valence electrons. The van der Waals surface area contributed by atoms with Crippen LogP contribution in [0, 0.1) is 0 Å². The summed E-state index contributed by atoms with van der Waals surface area (Å²) in [7, 11) is 0. The second-order valence-electron chi connectivity index (χ2n) is 13.3. The number of hydrogen-bond donors (Lipinski definition) is 0. The number of furan rings is 1. The van der Waals surface area contributed by atoms with E-state index in [9.17, 15) is 0 Å². The molecule has 2 heterocycles. The molecule has 2 aromatic heterocycles. The van der Waals surface area contributed by atoms with Gasteiger partial charge < -0.3 is 8.98 Å². The molecule has 0 N–H and O–H groups in total. The van der Waals surface area contributed by atoms with Gasteiger partial charge in [0.1, 0.15) is 11.2 Å². The van der Waals surface area contributed by atoms with Gasteiger partial charge in [-0.05, 0) is 93.9 Å². The zero-order chi connectivity index (χ0) is 33.0. The summed E-state index contributed by atoms with van der Waals surface area (Å²) in [4.78, 5) is 0. The molecule has 9 aromatic rings. The van der Waals surface area contributed by atoms with E-state index in [0.29, 0.717) is 5.92 Å². The molecule has 0 spiro atoms. The molecule has 1 atom stereocenters. The third-order valence-corrected chi connectivity index (χ3v) is 10.3. The highest BCUT2D eigenvalue weighted by molar-refractivity contribution is 6.11. The fourth-order valence-corrected chi connectivity index (χ4v) is 7.83. The van der Waals surface area contributed by atoms with Crippen molar-refractivity contribution in [2.45, 2.75) is 12.3 Å². The molecule has 1 aliphatic rings. The fourth-order valence-electron chi connectivity index (χ4n) is 7.83. The first-order chi connectivity index (χ1) is 24.8. The molecular weight excluding hydrogens is 607 g/mol. The standard InChI is InChI=1S/C48H33NO/c1-3-11-32(12-4-1)34-15-9-16-35(27-34)36-17-10-18-37(28-36)39-22-25-47-43(30-39)44-31-40(23-26-48(44)50-47)49-45-20-8-7-19-41(45)42-29-38(21-24-46(42)49)33-13-5-2-6-14-33/h1-16,18-31,36H,17H2. The van der Waals surface area contributed by atoms with Crippen molar-refractivity contribution in [2.24, 2.45) is 0 Å². The molecule has 1 aliphatic carbocycles. The Labute approximate surface area is 290 Å². The van der Waals surface area contributed by atoms with Crippen molar-refractivity contribution in [2.75, 3.05) is 0 Å². The van der Waals surface area contributed by atoms with Crippen LogP contribution in [0.4, 0.5) is 0 Å². The number of nitrogens with zero attached hydrogens (tertiary/aromatic N) is 1. The maximum Gasteiger partial charge on any atom is 0.135 e. The maximum atomic E-state index is 6.41. The highest BCUT2D eigenvalue weighted by Gasteiger charge is 2.18. The van der Waals surface area contributed by atoms with E-state index >= 15 is 0 Å². The van der Waals surface area contributed by atoms with Gasteiger partial charge in [0.15, 0.2) is 0 Å². The average molecular weight is 640 g/mol. The fraction of sp³-hybridized carbons (Fsp3) is 0.0417. The Bertz CT molecular complexity index is 2780.